The second-order valence-electron chi connectivity index (χ2n) is 8.11. The predicted octanol–water partition coefficient (Wildman–Crippen LogP) is 3.31. The van der Waals surface area contributed by atoms with E-state index in [0.29, 0.717) is 11.6 Å². The molecule has 0 atom stereocenters. The van der Waals surface area contributed by atoms with E-state index in [9.17, 15) is 18.0 Å². The summed E-state index contributed by atoms with van der Waals surface area (Å²) in [6.45, 7) is 3.75. The predicted molar refractivity (Wildman–Crippen MR) is 113 cm³/mol. The fraction of sp³-hybridized carbons (Fsp3) is 0.667. The van der Waals surface area contributed by atoms with Crippen LogP contribution in [0.25, 0.3) is 0 Å². The van der Waals surface area contributed by atoms with E-state index >= 15 is 0 Å². The second kappa shape index (κ2) is 11.2. The van der Waals surface area contributed by atoms with Crippen molar-refractivity contribution < 1.29 is 23.1 Å². The molecule has 5 nitrogen and oxygen atoms in total. The SMILES string of the molecule is Cl.O=C(CO)NC1CCC(CCN2CCN(c3cccc(C(F)(F)F)c3)CC2)CC1. The molecule has 0 spiro atoms. The molecule has 1 saturated carbocycles. The van der Waals surface area contributed by atoms with Gasteiger partial charge in [-0.1, -0.05) is 6.07 Å². The van der Waals surface area contributed by atoms with Crippen LogP contribution in [0.15, 0.2) is 24.3 Å². The summed E-state index contributed by atoms with van der Waals surface area (Å²) in [6, 6.07) is 5.76. The monoisotopic (exact) mass is 449 g/mol. The Bertz CT molecular complexity index is 674. The summed E-state index contributed by atoms with van der Waals surface area (Å²) in [5.74, 6) is 0.353. The molecule has 1 aliphatic heterocycles. The summed E-state index contributed by atoms with van der Waals surface area (Å²) < 4.78 is 38.8. The van der Waals surface area contributed by atoms with Gasteiger partial charge in [-0.15, -0.1) is 12.4 Å². The number of piperazine rings is 1. The molecule has 2 aliphatic rings. The van der Waals surface area contributed by atoms with Crippen molar-refractivity contribution in [2.75, 3.05) is 44.2 Å². The number of nitrogens with zero attached hydrogens (tertiary/aromatic N) is 2. The van der Waals surface area contributed by atoms with Gasteiger partial charge in [0.05, 0.1) is 5.56 Å². The summed E-state index contributed by atoms with van der Waals surface area (Å²) in [6.07, 6.45) is 0.891. The number of hydrogen-bond acceptors (Lipinski definition) is 4. The Labute approximate surface area is 182 Å². The molecule has 2 N–H and O–H groups in total. The Morgan fingerprint density at radius 1 is 1.10 bits per heavy atom. The maximum atomic E-state index is 12.9. The molecule has 1 aromatic rings. The average Bonchev–Trinajstić information content (AvgIpc) is 2.73. The molecule has 1 aliphatic carbocycles. The highest BCUT2D eigenvalue weighted by Crippen LogP contribution is 2.32. The van der Waals surface area contributed by atoms with Crippen LogP contribution in [0.2, 0.25) is 0 Å². The number of hydrogen-bond donors (Lipinski definition) is 2. The van der Waals surface area contributed by atoms with Crippen LogP contribution in [-0.4, -0.2) is 61.3 Å². The minimum absolute atomic E-state index is 0. The number of halogens is 4. The van der Waals surface area contributed by atoms with Gasteiger partial charge in [-0.05, 0) is 62.8 Å². The van der Waals surface area contributed by atoms with E-state index in [1.54, 1.807) is 6.07 Å². The van der Waals surface area contributed by atoms with E-state index in [2.05, 4.69) is 10.2 Å². The smallest absolute Gasteiger partial charge is 0.387 e. The lowest BCUT2D eigenvalue weighted by Gasteiger charge is -2.37. The van der Waals surface area contributed by atoms with E-state index in [1.807, 2.05) is 4.90 Å². The highest BCUT2D eigenvalue weighted by molar-refractivity contribution is 5.85. The van der Waals surface area contributed by atoms with Crippen molar-refractivity contribution >= 4 is 24.0 Å². The number of carbonyl (C=O) groups excluding carboxylic acids is 1. The lowest BCUT2D eigenvalue weighted by Crippen LogP contribution is -2.47. The third-order valence-corrected chi connectivity index (χ3v) is 6.12. The van der Waals surface area contributed by atoms with Crippen molar-refractivity contribution in [2.45, 2.75) is 44.3 Å². The molecule has 9 heteroatoms. The zero-order valence-electron chi connectivity index (χ0n) is 17.0. The number of aliphatic hydroxyl groups is 1. The molecular formula is C21H31ClF3N3O2. The molecule has 170 valence electrons. The second-order valence-corrected chi connectivity index (χ2v) is 8.11. The van der Waals surface area contributed by atoms with Gasteiger partial charge in [0, 0.05) is 37.9 Å². The van der Waals surface area contributed by atoms with Crippen LogP contribution in [0.5, 0.6) is 0 Å². The number of benzene rings is 1. The van der Waals surface area contributed by atoms with Gasteiger partial charge in [-0.2, -0.15) is 13.2 Å². The van der Waals surface area contributed by atoms with Crippen molar-refractivity contribution in [3.63, 3.8) is 0 Å². The minimum atomic E-state index is -4.31. The molecule has 1 amide bonds. The van der Waals surface area contributed by atoms with Crippen LogP contribution in [0.3, 0.4) is 0 Å². The van der Waals surface area contributed by atoms with Gasteiger partial charge in [0.2, 0.25) is 5.91 Å². The summed E-state index contributed by atoms with van der Waals surface area (Å²) >= 11 is 0. The standard InChI is InChI=1S/C21H30F3N3O2.ClH/c22-21(23,24)17-2-1-3-19(14-17)27-12-10-26(11-13-27)9-8-16-4-6-18(7-5-16)25-20(29)15-28;/h1-3,14,16,18,28H,4-13,15H2,(H,25,29);1H. The van der Waals surface area contributed by atoms with Crippen LogP contribution < -0.4 is 10.2 Å². The molecule has 3 rings (SSSR count). The van der Waals surface area contributed by atoms with E-state index in [-0.39, 0.29) is 24.4 Å². The number of carbonyl (C=O) groups is 1. The van der Waals surface area contributed by atoms with Gasteiger partial charge in [-0.3, -0.25) is 9.69 Å². The van der Waals surface area contributed by atoms with Gasteiger partial charge in [0.15, 0.2) is 0 Å². The van der Waals surface area contributed by atoms with Crippen LogP contribution >= 0.6 is 12.4 Å². The first-order chi connectivity index (χ1) is 13.8. The van der Waals surface area contributed by atoms with Crippen LogP contribution in [0, 0.1) is 5.92 Å². The molecule has 0 unspecified atom stereocenters. The van der Waals surface area contributed by atoms with Gasteiger partial charge >= 0.3 is 6.18 Å². The maximum absolute atomic E-state index is 12.9. The van der Waals surface area contributed by atoms with E-state index in [4.69, 9.17) is 5.11 Å². The van der Waals surface area contributed by atoms with E-state index in [0.717, 1.165) is 70.9 Å². The Balaban J connectivity index is 0.00000320. The lowest BCUT2D eigenvalue weighted by molar-refractivity contribution is -0.137. The average molecular weight is 450 g/mol. The summed E-state index contributed by atoms with van der Waals surface area (Å²) in [4.78, 5) is 15.7. The number of nitrogens with one attached hydrogen (secondary N) is 1. The van der Waals surface area contributed by atoms with Crippen LogP contribution in [-0.2, 0) is 11.0 Å². The van der Waals surface area contributed by atoms with Gasteiger partial charge in [0.25, 0.3) is 0 Å². The number of aliphatic hydroxyl groups excluding tert-OH is 1. The van der Waals surface area contributed by atoms with Crippen LogP contribution in [0.1, 0.15) is 37.7 Å². The Morgan fingerprint density at radius 3 is 2.37 bits per heavy atom. The van der Waals surface area contributed by atoms with E-state index in [1.165, 1.54) is 12.1 Å². The van der Waals surface area contributed by atoms with Crippen molar-refractivity contribution in [3.05, 3.63) is 29.8 Å². The topological polar surface area (TPSA) is 55.8 Å². The largest absolute Gasteiger partial charge is 0.416 e. The van der Waals surface area contributed by atoms with Crippen molar-refractivity contribution in [2.24, 2.45) is 5.92 Å². The molecular weight excluding hydrogens is 419 g/mol. The lowest BCUT2D eigenvalue weighted by atomic mass is 9.84. The maximum Gasteiger partial charge on any atom is 0.416 e. The molecule has 1 aromatic carbocycles. The van der Waals surface area contributed by atoms with Gasteiger partial charge in [-0.25, -0.2) is 0 Å². The molecule has 1 heterocycles. The van der Waals surface area contributed by atoms with E-state index < -0.39 is 18.3 Å². The quantitative estimate of drug-likeness (QED) is 0.699. The molecule has 2 fully saturated rings. The Kier molecular flexibility index (Phi) is 9.25. The fourth-order valence-corrected chi connectivity index (χ4v) is 4.34. The first kappa shape index (κ1) is 24.8. The highest BCUT2D eigenvalue weighted by Gasteiger charge is 2.31. The first-order valence-electron chi connectivity index (χ1n) is 10.4. The zero-order chi connectivity index (χ0) is 20.9. The third-order valence-electron chi connectivity index (χ3n) is 6.12. The molecule has 30 heavy (non-hydrogen) atoms. The molecule has 0 aromatic heterocycles. The van der Waals surface area contributed by atoms with Crippen molar-refractivity contribution in [1.29, 1.82) is 0 Å². The molecule has 0 radical (unpaired) electrons. The third kappa shape index (κ3) is 7.03. The Morgan fingerprint density at radius 2 is 1.77 bits per heavy atom. The first-order valence-corrected chi connectivity index (χ1v) is 10.4. The number of anilines is 1. The molecule has 0 bridgehead atoms. The Hall–Kier alpha value is -1.51. The number of rotatable bonds is 6. The number of amides is 1. The molecule has 1 saturated heterocycles. The highest BCUT2D eigenvalue weighted by atomic mass is 35.5. The summed E-state index contributed by atoms with van der Waals surface area (Å²) in [5, 5.41) is 11.7. The van der Waals surface area contributed by atoms with Crippen molar-refractivity contribution in [3.8, 4) is 0 Å². The number of alkyl halides is 3. The fourth-order valence-electron chi connectivity index (χ4n) is 4.34. The van der Waals surface area contributed by atoms with Gasteiger partial charge in [0.1, 0.15) is 6.61 Å². The normalized spacial score (nSPS) is 23.0. The minimum Gasteiger partial charge on any atom is -0.387 e. The van der Waals surface area contributed by atoms with Crippen LogP contribution in [0.4, 0.5) is 18.9 Å². The van der Waals surface area contributed by atoms with Crippen molar-refractivity contribution in [1.82, 2.24) is 10.2 Å². The van der Waals surface area contributed by atoms with Gasteiger partial charge < -0.3 is 15.3 Å². The summed E-state index contributed by atoms with van der Waals surface area (Å²) in [7, 11) is 0. The zero-order valence-corrected chi connectivity index (χ0v) is 17.9. The summed E-state index contributed by atoms with van der Waals surface area (Å²) in [5.41, 5.74) is 0.0472.